The molecule has 1 aromatic heterocycles. The van der Waals surface area contributed by atoms with Crippen LogP contribution in [0.1, 0.15) is 47.1 Å². The maximum Gasteiger partial charge on any atom is 0.416 e. The molecule has 6 rings (SSSR count). The molecule has 50 heavy (non-hydrogen) atoms. The van der Waals surface area contributed by atoms with Gasteiger partial charge in [-0.2, -0.15) is 26.3 Å². The van der Waals surface area contributed by atoms with Crippen molar-refractivity contribution in [1.82, 2.24) is 10.3 Å². The Morgan fingerprint density at radius 1 is 0.680 bits per heavy atom. The quantitative estimate of drug-likeness (QED) is 0.102. The first kappa shape index (κ1) is 34.5. The third kappa shape index (κ3) is 7.18. The van der Waals surface area contributed by atoms with Gasteiger partial charge < -0.3 is 10.6 Å². The van der Waals surface area contributed by atoms with Crippen molar-refractivity contribution >= 4 is 11.5 Å². The van der Waals surface area contributed by atoms with Crippen LogP contribution >= 0.6 is 0 Å². The Balaban J connectivity index is 1.12. The molecule has 3 nitrogen and oxygen atoms in total. The largest absolute Gasteiger partial charge is 0.416 e. The van der Waals surface area contributed by atoms with Gasteiger partial charge in [0.25, 0.3) is 0 Å². The molecule has 0 amide bonds. The topological polar surface area (TPSA) is 37.0 Å². The highest BCUT2D eigenvalue weighted by Gasteiger charge is 2.45. The van der Waals surface area contributed by atoms with Crippen molar-refractivity contribution in [3.63, 3.8) is 0 Å². The fraction of sp³-hybridized carbons (Fsp3) is 0.195. The minimum Gasteiger partial charge on any atom is -0.379 e. The lowest BCUT2D eigenvalue weighted by atomic mass is 9.71. The van der Waals surface area contributed by atoms with Gasteiger partial charge in [0, 0.05) is 23.2 Å². The van der Waals surface area contributed by atoms with E-state index in [4.69, 9.17) is 0 Å². The van der Waals surface area contributed by atoms with Gasteiger partial charge in [-0.3, -0.25) is 0 Å². The number of fused-ring (bicyclic) bond motifs is 3. The molecule has 2 N–H and O–H groups in total. The Morgan fingerprint density at radius 3 is 1.86 bits per heavy atom. The average Bonchev–Trinajstić information content (AvgIpc) is 3.39. The zero-order chi connectivity index (χ0) is 35.5. The van der Waals surface area contributed by atoms with Crippen LogP contribution in [0.15, 0.2) is 134 Å². The van der Waals surface area contributed by atoms with E-state index >= 15 is 0 Å². The highest BCUT2D eigenvalue weighted by molar-refractivity contribution is 5.85. The molecule has 0 spiro atoms. The second kappa shape index (κ2) is 13.9. The first-order valence-corrected chi connectivity index (χ1v) is 16.2. The van der Waals surface area contributed by atoms with Gasteiger partial charge in [0.05, 0.1) is 11.0 Å². The van der Waals surface area contributed by atoms with Crippen molar-refractivity contribution in [3.05, 3.63) is 162 Å². The number of nitrogens with zero attached hydrogens (tertiary/aromatic N) is 1. The van der Waals surface area contributed by atoms with Crippen LogP contribution in [0.25, 0.3) is 28.0 Å². The van der Waals surface area contributed by atoms with E-state index in [-0.39, 0.29) is 0 Å². The summed E-state index contributed by atoms with van der Waals surface area (Å²) in [5.41, 5.74) is 6.39. The van der Waals surface area contributed by atoms with Crippen molar-refractivity contribution in [2.45, 2.75) is 43.5 Å². The summed E-state index contributed by atoms with van der Waals surface area (Å²) in [4.78, 5) is 4.56. The lowest BCUT2D eigenvalue weighted by Crippen LogP contribution is -2.39. The SMILES string of the molecule is C=C(Nc1ccc(CCCCC2(C(=C)NCC(F)(F)F)c3ccccc3-c3ccccc32)cn1)c1ccccc1-c1ccc(C(F)(F)F)cc1. The Kier molecular flexibility index (Phi) is 9.60. The molecule has 0 radical (unpaired) electrons. The number of hydrogen-bond donors (Lipinski definition) is 2. The normalized spacial score (nSPS) is 13.3. The lowest BCUT2D eigenvalue weighted by molar-refractivity contribution is -0.137. The fourth-order valence-electron chi connectivity index (χ4n) is 6.85. The van der Waals surface area contributed by atoms with E-state index in [1.54, 1.807) is 6.20 Å². The summed E-state index contributed by atoms with van der Waals surface area (Å²) < 4.78 is 79.1. The van der Waals surface area contributed by atoms with Crippen LogP contribution in [0.2, 0.25) is 0 Å². The van der Waals surface area contributed by atoms with Crippen molar-refractivity contribution in [2.75, 3.05) is 11.9 Å². The molecule has 256 valence electrons. The molecule has 0 atom stereocenters. The minimum atomic E-state index is -4.41. The first-order valence-electron chi connectivity index (χ1n) is 16.2. The Bertz CT molecular complexity index is 1950. The molecule has 0 bridgehead atoms. The van der Waals surface area contributed by atoms with Gasteiger partial charge >= 0.3 is 12.4 Å². The molecule has 0 aliphatic heterocycles. The number of pyridine rings is 1. The molecular weight excluding hydrogens is 648 g/mol. The third-order valence-electron chi connectivity index (χ3n) is 9.23. The molecule has 0 fully saturated rings. The number of nitrogens with one attached hydrogen (secondary N) is 2. The third-order valence-corrected chi connectivity index (χ3v) is 9.23. The van der Waals surface area contributed by atoms with E-state index < -0.39 is 29.9 Å². The van der Waals surface area contributed by atoms with Gasteiger partial charge in [0.2, 0.25) is 0 Å². The predicted octanol–water partition coefficient (Wildman–Crippen LogP) is 11.2. The van der Waals surface area contributed by atoms with Gasteiger partial charge in [0.15, 0.2) is 0 Å². The molecule has 1 aliphatic carbocycles. The molecular formula is C41H35F6N3. The van der Waals surface area contributed by atoms with Gasteiger partial charge in [-0.1, -0.05) is 111 Å². The van der Waals surface area contributed by atoms with E-state index in [1.165, 1.54) is 12.1 Å². The molecule has 1 heterocycles. The van der Waals surface area contributed by atoms with Gasteiger partial charge in [-0.15, -0.1) is 0 Å². The highest BCUT2D eigenvalue weighted by atomic mass is 19.4. The summed E-state index contributed by atoms with van der Waals surface area (Å²) in [5, 5.41) is 5.83. The lowest BCUT2D eigenvalue weighted by Gasteiger charge is -2.35. The Hall–Kier alpha value is -5.31. The van der Waals surface area contributed by atoms with Crippen molar-refractivity contribution in [2.24, 2.45) is 0 Å². The van der Waals surface area contributed by atoms with E-state index in [9.17, 15) is 26.3 Å². The number of allylic oxidation sites excluding steroid dienone is 1. The molecule has 0 saturated carbocycles. The number of alkyl halides is 6. The van der Waals surface area contributed by atoms with E-state index in [2.05, 4.69) is 28.8 Å². The van der Waals surface area contributed by atoms with Crippen LogP contribution in [0.5, 0.6) is 0 Å². The summed E-state index contributed by atoms with van der Waals surface area (Å²) in [6, 6.07) is 31.9. The fourth-order valence-corrected chi connectivity index (χ4v) is 6.85. The van der Waals surface area contributed by atoms with Crippen LogP contribution in [0.3, 0.4) is 0 Å². The number of hydrogen-bond acceptors (Lipinski definition) is 3. The Labute approximate surface area is 287 Å². The van der Waals surface area contributed by atoms with Crippen LogP contribution in [0, 0.1) is 0 Å². The number of unbranched alkanes of at least 4 members (excludes halogenated alkanes) is 1. The van der Waals surface area contributed by atoms with Gasteiger partial charge in [-0.25, -0.2) is 4.98 Å². The number of anilines is 1. The van der Waals surface area contributed by atoms with Crippen LogP contribution in [0.4, 0.5) is 32.2 Å². The predicted molar refractivity (Wildman–Crippen MR) is 187 cm³/mol. The number of aromatic nitrogens is 1. The van der Waals surface area contributed by atoms with Crippen molar-refractivity contribution < 1.29 is 26.3 Å². The molecule has 1 aliphatic rings. The zero-order valence-electron chi connectivity index (χ0n) is 27.1. The molecule has 4 aromatic carbocycles. The average molecular weight is 684 g/mol. The first-order chi connectivity index (χ1) is 23.9. The van der Waals surface area contributed by atoms with Crippen LogP contribution < -0.4 is 10.6 Å². The number of halogens is 6. The second-order valence-electron chi connectivity index (χ2n) is 12.4. The summed E-state index contributed by atoms with van der Waals surface area (Å²) >= 11 is 0. The standard InChI is InChI=1S/C41H35F6N3/c1-27(32-12-3-4-13-33(32)30-19-21-31(22-20-30)41(45,46)47)50-38-23-18-29(25-48-38)11-9-10-24-39(28(2)49-26-40(42,43)44)36-16-7-5-14-34(36)35-15-6-8-17-37(35)39/h3-8,12-23,25,49H,1-2,9-11,24,26H2,(H,48,50). The van der Waals surface area contributed by atoms with Crippen LogP contribution in [-0.4, -0.2) is 17.7 Å². The molecule has 9 heteroatoms. The number of rotatable bonds is 12. The van der Waals surface area contributed by atoms with E-state index in [0.717, 1.165) is 63.9 Å². The monoisotopic (exact) mass is 683 g/mol. The maximum atomic E-state index is 13.3. The van der Waals surface area contributed by atoms with E-state index in [1.807, 2.05) is 84.9 Å². The van der Waals surface area contributed by atoms with Crippen LogP contribution in [-0.2, 0) is 18.0 Å². The summed E-state index contributed by atoms with van der Waals surface area (Å²) in [7, 11) is 0. The molecule has 0 unspecified atom stereocenters. The van der Waals surface area contributed by atoms with Gasteiger partial charge in [-0.05, 0) is 76.4 Å². The maximum absolute atomic E-state index is 13.3. The number of aryl methyl sites for hydroxylation is 1. The summed E-state index contributed by atoms with van der Waals surface area (Å²) in [6.07, 6.45) is -4.21. The minimum absolute atomic E-state index is 0.337. The number of benzene rings is 4. The highest BCUT2D eigenvalue weighted by Crippen LogP contribution is 2.54. The zero-order valence-corrected chi connectivity index (χ0v) is 27.1. The van der Waals surface area contributed by atoms with Gasteiger partial charge in [0.1, 0.15) is 12.4 Å². The summed E-state index contributed by atoms with van der Waals surface area (Å²) in [5.74, 6) is 0.561. The summed E-state index contributed by atoms with van der Waals surface area (Å²) in [6.45, 7) is 7.16. The smallest absolute Gasteiger partial charge is 0.379 e. The molecule has 0 saturated heterocycles. The molecule has 5 aromatic rings. The van der Waals surface area contributed by atoms with Crippen molar-refractivity contribution in [1.29, 1.82) is 0 Å². The Morgan fingerprint density at radius 2 is 1.28 bits per heavy atom. The van der Waals surface area contributed by atoms with E-state index in [0.29, 0.717) is 35.6 Å². The second-order valence-corrected chi connectivity index (χ2v) is 12.4. The van der Waals surface area contributed by atoms with Crippen molar-refractivity contribution in [3.8, 4) is 22.3 Å².